The average molecular weight is 366 g/mol. The van der Waals surface area contributed by atoms with Crippen molar-refractivity contribution in [2.75, 3.05) is 10.6 Å². The Morgan fingerprint density at radius 1 is 1.07 bits per heavy atom. The Balaban J connectivity index is 1.76. The lowest BCUT2D eigenvalue weighted by atomic mass is 10.1. The van der Waals surface area contributed by atoms with E-state index in [1.165, 1.54) is 18.3 Å². The molecule has 0 radical (unpaired) electrons. The van der Waals surface area contributed by atoms with Gasteiger partial charge in [-0.2, -0.15) is 5.10 Å². The molecule has 0 saturated heterocycles. The van der Waals surface area contributed by atoms with E-state index in [0.717, 1.165) is 6.42 Å². The summed E-state index contributed by atoms with van der Waals surface area (Å²) in [5.74, 6) is -0.791. The minimum atomic E-state index is -0.361. The van der Waals surface area contributed by atoms with Crippen LogP contribution in [0.15, 0.2) is 54.7 Å². The Morgan fingerprint density at radius 2 is 1.78 bits per heavy atom. The van der Waals surface area contributed by atoms with Crippen molar-refractivity contribution in [3.8, 4) is 11.3 Å². The van der Waals surface area contributed by atoms with Gasteiger partial charge in [0.2, 0.25) is 5.91 Å². The highest BCUT2D eigenvalue weighted by Crippen LogP contribution is 2.23. The fourth-order valence-electron chi connectivity index (χ4n) is 2.62. The molecule has 1 heterocycles. The number of nitrogens with one attached hydrogen (secondary N) is 3. The highest BCUT2D eigenvalue weighted by atomic mass is 19.1. The number of aromatic amines is 1. The maximum absolute atomic E-state index is 13.1. The topological polar surface area (TPSA) is 86.9 Å². The number of carbonyl (C=O) groups is 2. The third-order valence-electron chi connectivity index (χ3n) is 3.90. The first-order valence-corrected chi connectivity index (χ1v) is 8.57. The second-order valence-electron chi connectivity index (χ2n) is 6.00. The molecule has 6 nitrogen and oxygen atoms in total. The van der Waals surface area contributed by atoms with Crippen LogP contribution < -0.4 is 10.6 Å². The van der Waals surface area contributed by atoms with Crippen LogP contribution in [0.1, 0.15) is 30.1 Å². The molecule has 0 bridgehead atoms. The quantitative estimate of drug-likeness (QED) is 0.611. The van der Waals surface area contributed by atoms with Crippen molar-refractivity contribution < 1.29 is 14.0 Å². The summed E-state index contributed by atoms with van der Waals surface area (Å²) in [7, 11) is 0. The van der Waals surface area contributed by atoms with Crippen molar-refractivity contribution in [2.24, 2.45) is 0 Å². The molecule has 27 heavy (non-hydrogen) atoms. The van der Waals surface area contributed by atoms with Crippen molar-refractivity contribution in [3.05, 3.63) is 66.1 Å². The van der Waals surface area contributed by atoms with Crippen molar-refractivity contribution in [1.29, 1.82) is 0 Å². The first-order chi connectivity index (χ1) is 13.1. The maximum Gasteiger partial charge on any atom is 0.259 e. The van der Waals surface area contributed by atoms with E-state index in [2.05, 4.69) is 20.8 Å². The molecule has 0 aliphatic heterocycles. The molecule has 3 rings (SSSR count). The number of rotatable bonds is 6. The van der Waals surface area contributed by atoms with Gasteiger partial charge < -0.3 is 10.6 Å². The Morgan fingerprint density at radius 3 is 2.48 bits per heavy atom. The van der Waals surface area contributed by atoms with Gasteiger partial charge in [-0.25, -0.2) is 4.39 Å². The van der Waals surface area contributed by atoms with Crippen LogP contribution in [0.2, 0.25) is 0 Å². The SMILES string of the molecule is CCCC(=O)Nc1cccc(NC(=O)c2cn[nH]c2-c2ccc(F)cc2)c1. The number of benzene rings is 2. The summed E-state index contributed by atoms with van der Waals surface area (Å²) < 4.78 is 13.1. The standard InChI is InChI=1S/C20H19FN4O2/c1-2-4-18(26)23-15-5-3-6-16(11-15)24-20(27)17-12-22-25-19(17)13-7-9-14(21)10-8-13/h3,5-12H,2,4H2,1H3,(H,22,25)(H,23,26)(H,24,27). The van der Waals surface area contributed by atoms with Crippen LogP contribution in [0.5, 0.6) is 0 Å². The summed E-state index contributed by atoms with van der Waals surface area (Å²) in [6.07, 6.45) is 2.61. The second-order valence-corrected chi connectivity index (χ2v) is 6.00. The van der Waals surface area contributed by atoms with Gasteiger partial charge in [-0.15, -0.1) is 0 Å². The van der Waals surface area contributed by atoms with Crippen LogP contribution in [0.3, 0.4) is 0 Å². The maximum atomic E-state index is 13.1. The fourth-order valence-corrected chi connectivity index (χ4v) is 2.62. The van der Waals surface area contributed by atoms with Crippen LogP contribution in [0, 0.1) is 5.82 Å². The van der Waals surface area contributed by atoms with Crippen molar-refractivity contribution >= 4 is 23.2 Å². The van der Waals surface area contributed by atoms with Crippen LogP contribution in [0.25, 0.3) is 11.3 Å². The predicted octanol–water partition coefficient (Wildman–Crippen LogP) is 4.21. The zero-order valence-corrected chi connectivity index (χ0v) is 14.8. The minimum Gasteiger partial charge on any atom is -0.326 e. The molecule has 0 aliphatic rings. The van der Waals surface area contributed by atoms with Gasteiger partial charge in [0.05, 0.1) is 17.5 Å². The molecule has 2 aromatic carbocycles. The van der Waals surface area contributed by atoms with E-state index in [1.807, 2.05) is 6.92 Å². The van der Waals surface area contributed by atoms with Gasteiger partial charge in [-0.05, 0) is 48.9 Å². The Bertz CT molecular complexity index is 951. The second kappa shape index (κ2) is 8.27. The van der Waals surface area contributed by atoms with Gasteiger partial charge in [0.15, 0.2) is 0 Å². The van der Waals surface area contributed by atoms with Gasteiger partial charge >= 0.3 is 0 Å². The number of amides is 2. The van der Waals surface area contributed by atoms with E-state index in [4.69, 9.17) is 0 Å². The van der Waals surface area contributed by atoms with Crippen molar-refractivity contribution in [1.82, 2.24) is 10.2 Å². The van der Waals surface area contributed by atoms with E-state index >= 15 is 0 Å². The predicted molar refractivity (Wildman–Crippen MR) is 102 cm³/mol. The van der Waals surface area contributed by atoms with E-state index in [0.29, 0.717) is 34.6 Å². The number of nitrogens with zero attached hydrogens (tertiary/aromatic N) is 1. The number of hydrogen-bond donors (Lipinski definition) is 3. The molecule has 0 spiro atoms. The van der Waals surface area contributed by atoms with E-state index < -0.39 is 0 Å². The number of aromatic nitrogens is 2. The Labute approximate surface area is 155 Å². The number of H-pyrrole nitrogens is 1. The number of carbonyl (C=O) groups excluding carboxylic acids is 2. The first-order valence-electron chi connectivity index (χ1n) is 8.57. The molecular weight excluding hydrogens is 347 g/mol. The molecule has 3 aromatic rings. The third-order valence-corrected chi connectivity index (χ3v) is 3.90. The minimum absolute atomic E-state index is 0.0746. The molecule has 0 unspecified atom stereocenters. The van der Waals surface area contributed by atoms with Crippen LogP contribution in [0.4, 0.5) is 15.8 Å². The molecule has 7 heteroatoms. The molecule has 0 atom stereocenters. The van der Waals surface area contributed by atoms with E-state index in [1.54, 1.807) is 36.4 Å². The smallest absolute Gasteiger partial charge is 0.259 e. The van der Waals surface area contributed by atoms with Crippen LogP contribution in [-0.4, -0.2) is 22.0 Å². The summed E-state index contributed by atoms with van der Waals surface area (Å²) in [6, 6.07) is 12.7. The van der Waals surface area contributed by atoms with Crippen LogP contribution >= 0.6 is 0 Å². The molecule has 3 N–H and O–H groups in total. The zero-order valence-electron chi connectivity index (χ0n) is 14.8. The lowest BCUT2D eigenvalue weighted by Gasteiger charge is -2.09. The molecule has 138 valence electrons. The molecule has 1 aromatic heterocycles. The zero-order chi connectivity index (χ0) is 19.2. The largest absolute Gasteiger partial charge is 0.326 e. The molecule has 0 saturated carbocycles. The number of anilines is 2. The molecule has 0 aliphatic carbocycles. The molecule has 0 fully saturated rings. The van der Waals surface area contributed by atoms with Gasteiger partial charge in [-0.3, -0.25) is 14.7 Å². The number of halogens is 1. The lowest BCUT2D eigenvalue weighted by molar-refractivity contribution is -0.116. The number of hydrogen-bond acceptors (Lipinski definition) is 3. The van der Waals surface area contributed by atoms with Crippen LogP contribution in [-0.2, 0) is 4.79 Å². The normalized spacial score (nSPS) is 10.4. The van der Waals surface area contributed by atoms with Gasteiger partial charge in [0.1, 0.15) is 5.82 Å². The molecule has 2 amide bonds. The summed E-state index contributed by atoms with van der Waals surface area (Å²) in [6.45, 7) is 1.93. The van der Waals surface area contributed by atoms with Gasteiger partial charge in [0.25, 0.3) is 5.91 Å². The summed E-state index contributed by atoms with van der Waals surface area (Å²) in [4.78, 5) is 24.4. The average Bonchev–Trinajstić information content (AvgIpc) is 3.13. The summed E-state index contributed by atoms with van der Waals surface area (Å²) in [5, 5.41) is 12.3. The highest BCUT2D eigenvalue weighted by molar-refractivity contribution is 6.08. The molecular formula is C20H19FN4O2. The van der Waals surface area contributed by atoms with Crippen molar-refractivity contribution in [2.45, 2.75) is 19.8 Å². The van der Waals surface area contributed by atoms with E-state index in [-0.39, 0.29) is 17.6 Å². The first kappa shape index (κ1) is 18.3. The van der Waals surface area contributed by atoms with Crippen molar-refractivity contribution in [3.63, 3.8) is 0 Å². The van der Waals surface area contributed by atoms with E-state index in [9.17, 15) is 14.0 Å². The monoisotopic (exact) mass is 366 g/mol. The lowest BCUT2D eigenvalue weighted by Crippen LogP contribution is -2.13. The Hall–Kier alpha value is -3.48. The summed E-state index contributed by atoms with van der Waals surface area (Å²) in [5.41, 5.74) is 2.64. The summed E-state index contributed by atoms with van der Waals surface area (Å²) >= 11 is 0. The highest BCUT2D eigenvalue weighted by Gasteiger charge is 2.16. The Kier molecular flexibility index (Phi) is 5.61. The van der Waals surface area contributed by atoms with Gasteiger partial charge in [0, 0.05) is 23.4 Å². The van der Waals surface area contributed by atoms with Gasteiger partial charge in [-0.1, -0.05) is 13.0 Å². The third kappa shape index (κ3) is 4.58. The fraction of sp³-hybridized carbons (Fsp3) is 0.150.